The van der Waals surface area contributed by atoms with E-state index < -0.39 is 19.1 Å². The zero-order chi connectivity index (χ0) is 15.2. The highest BCUT2D eigenvalue weighted by molar-refractivity contribution is 7.58. The second kappa shape index (κ2) is 9.05. The molecule has 0 aliphatic rings. The highest BCUT2D eigenvalue weighted by atomic mass is 35.5. The van der Waals surface area contributed by atoms with Crippen LogP contribution in [0.5, 0.6) is 5.75 Å². The summed E-state index contributed by atoms with van der Waals surface area (Å²) in [6.45, 7) is 0. The standard InChI is InChI=1S/C13H20NO5P.ClH/c1-19-11-5-3-2-4-10(11)8-9-20(17,18)12(14)6-7-13(15)16;/h2-5,12H,6-9,14H2,1H3,(H,15,16)(H,17,18);1H/t12-;/m1./s1. The van der Waals surface area contributed by atoms with Crippen molar-refractivity contribution >= 4 is 25.7 Å². The molecule has 1 aromatic rings. The summed E-state index contributed by atoms with van der Waals surface area (Å²) in [7, 11) is -2.04. The molecule has 120 valence electrons. The first-order valence-corrected chi connectivity index (χ1v) is 8.19. The van der Waals surface area contributed by atoms with E-state index >= 15 is 0 Å². The Labute approximate surface area is 130 Å². The molecule has 0 spiro atoms. The summed E-state index contributed by atoms with van der Waals surface area (Å²) in [6, 6.07) is 7.24. The first-order valence-electron chi connectivity index (χ1n) is 6.27. The molecule has 2 atom stereocenters. The molecule has 21 heavy (non-hydrogen) atoms. The average molecular weight is 338 g/mol. The van der Waals surface area contributed by atoms with E-state index in [1.54, 1.807) is 6.07 Å². The zero-order valence-corrected chi connectivity index (χ0v) is 13.5. The van der Waals surface area contributed by atoms with Gasteiger partial charge in [-0.3, -0.25) is 9.36 Å². The molecule has 1 aromatic carbocycles. The number of hydrogen-bond acceptors (Lipinski definition) is 4. The van der Waals surface area contributed by atoms with E-state index in [1.165, 1.54) is 7.11 Å². The summed E-state index contributed by atoms with van der Waals surface area (Å²) < 4.78 is 17.3. The molecular weight excluding hydrogens is 317 g/mol. The van der Waals surface area contributed by atoms with Crippen LogP contribution in [-0.4, -0.2) is 35.0 Å². The van der Waals surface area contributed by atoms with Crippen LogP contribution in [0.25, 0.3) is 0 Å². The molecule has 0 aromatic heterocycles. The maximum absolute atomic E-state index is 12.1. The Balaban J connectivity index is 0.00000400. The SMILES string of the molecule is COc1ccccc1CCP(=O)(O)[C@@H](N)CCC(=O)O.Cl. The van der Waals surface area contributed by atoms with Crippen molar-refractivity contribution in [2.75, 3.05) is 13.3 Å². The number of methoxy groups -OCH3 is 1. The van der Waals surface area contributed by atoms with Crippen molar-refractivity contribution in [2.45, 2.75) is 25.0 Å². The summed E-state index contributed by atoms with van der Waals surface area (Å²) in [4.78, 5) is 20.4. The summed E-state index contributed by atoms with van der Waals surface area (Å²) in [6.07, 6.45) is 0.155. The van der Waals surface area contributed by atoms with Crippen molar-refractivity contribution < 1.29 is 24.1 Å². The largest absolute Gasteiger partial charge is 0.496 e. The number of rotatable bonds is 8. The predicted molar refractivity (Wildman–Crippen MR) is 83.5 cm³/mol. The molecule has 0 saturated heterocycles. The van der Waals surface area contributed by atoms with Gasteiger partial charge in [-0.25, -0.2) is 0 Å². The number of carboxylic acids is 1. The monoisotopic (exact) mass is 337 g/mol. The van der Waals surface area contributed by atoms with Gasteiger partial charge in [0.05, 0.1) is 12.9 Å². The fourth-order valence-electron chi connectivity index (χ4n) is 1.83. The normalized spacial score (nSPS) is 14.6. The van der Waals surface area contributed by atoms with Gasteiger partial charge in [-0.05, 0) is 24.5 Å². The van der Waals surface area contributed by atoms with E-state index in [1.807, 2.05) is 18.2 Å². The lowest BCUT2D eigenvalue weighted by Gasteiger charge is -2.19. The second-order valence-electron chi connectivity index (χ2n) is 4.54. The molecule has 1 unspecified atom stereocenters. The first-order chi connectivity index (χ1) is 9.36. The zero-order valence-electron chi connectivity index (χ0n) is 11.8. The predicted octanol–water partition coefficient (Wildman–Crippen LogP) is 2.08. The molecule has 0 amide bonds. The second-order valence-corrected chi connectivity index (χ2v) is 7.16. The number of carbonyl (C=O) groups is 1. The molecule has 0 aliphatic carbocycles. The maximum atomic E-state index is 12.1. The van der Waals surface area contributed by atoms with E-state index in [0.29, 0.717) is 12.2 Å². The minimum absolute atomic E-state index is 0. The third-order valence-electron chi connectivity index (χ3n) is 3.07. The van der Waals surface area contributed by atoms with Crippen molar-refractivity contribution in [2.24, 2.45) is 5.73 Å². The lowest BCUT2D eigenvalue weighted by atomic mass is 10.1. The summed E-state index contributed by atoms with van der Waals surface area (Å²) in [5.74, 6) is -1.37. The van der Waals surface area contributed by atoms with Crippen LogP contribution in [0.15, 0.2) is 24.3 Å². The first kappa shape index (κ1) is 19.9. The van der Waals surface area contributed by atoms with E-state index in [9.17, 15) is 14.3 Å². The number of aliphatic carboxylic acids is 1. The van der Waals surface area contributed by atoms with Crippen LogP contribution in [0, 0.1) is 0 Å². The number of nitrogens with two attached hydrogens (primary N) is 1. The van der Waals surface area contributed by atoms with Gasteiger partial charge in [-0.2, -0.15) is 0 Å². The van der Waals surface area contributed by atoms with Gasteiger partial charge in [0.2, 0.25) is 7.37 Å². The number of carboxylic acid groups (broad SMARTS) is 1. The molecule has 8 heteroatoms. The van der Waals surface area contributed by atoms with Crippen LogP contribution in [0.4, 0.5) is 0 Å². The quantitative estimate of drug-likeness (QED) is 0.626. The Morgan fingerprint density at radius 1 is 1.43 bits per heavy atom. The number of ether oxygens (including phenoxy) is 1. The van der Waals surface area contributed by atoms with Gasteiger partial charge in [-0.15, -0.1) is 12.4 Å². The van der Waals surface area contributed by atoms with Gasteiger partial charge >= 0.3 is 5.97 Å². The Kier molecular flexibility index (Phi) is 8.59. The molecule has 0 saturated carbocycles. The number of hydrogen-bond donors (Lipinski definition) is 3. The highest BCUT2D eigenvalue weighted by Crippen LogP contribution is 2.46. The average Bonchev–Trinajstić information content (AvgIpc) is 2.42. The van der Waals surface area contributed by atoms with Crippen molar-refractivity contribution in [3.63, 3.8) is 0 Å². The number of para-hydroxylation sites is 1. The minimum Gasteiger partial charge on any atom is -0.496 e. The van der Waals surface area contributed by atoms with Gasteiger partial charge in [0.1, 0.15) is 5.75 Å². The topological polar surface area (TPSA) is 110 Å². The van der Waals surface area contributed by atoms with Crippen molar-refractivity contribution in [1.29, 1.82) is 0 Å². The van der Waals surface area contributed by atoms with Crippen LogP contribution < -0.4 is 10.5 Å². The Morgan fingerprint density at radius 3 is 2.62 bits per heavy atom. The van der Waals surface area contributed by atoms with Gasteiger partial charge in [0.25, 0.3) is 0 Å². The van der Waals surface area contributed by atoms with Gasteiger partial charge in [-0.1, -0.05) is 18.2 Å². The number of aryl methyl sites for hydroxylation is 1. The molecule has 1 rings (SSSR count). The molecule has 4 N–H and O–H groups in total. The van der Waals surface area contributed by atoms with Crippen molar-refractivity contribution in [3.8, 4) is 5.75 Å². The molecule has 0 fully saturated rings. The summed E-state index contributed by atoms with van der Waals surface area (Å²) in [5, 5.41) is 8.56. The lowest BCUT2D eigenvalue weighted by Crippen LogP contribution is -2.23. The smallest absolute Gasteiger partial charge is 0.303 e. The lowest BCUT2D eigenvalue weighted by molar-refractivity contribution is -0.137. The van der Waals surface area contributed by atoms with E-state index in [-0.39, 0.29) is 31.4 Å². The highest BCUT2D eigenvalue weighted by Gasteiger charge is 2.27. The third-order valence-corrected chi connectivity index (χ3v) is 5.23. The molecular formula is C13H21ClNO5P. The van der Waals surface area contributed by atoms with E-state index in [2.05, 4.69) is 0 Å². The molecule has 0 bridgehead atoms. The van der Waals surface area contributed by atoms with Crippen LogP contribution in [0.2, 0.25) is 0 Å². The fourth-order valence-corrected chi connectivity index (χ4v) is 3.25. The van der Waals surface area contributed by atoms with E-state index in [4.69, 9.17) is 15.6 Å². The Morgan fingerprint density at radius 2 is 2.05 bits per heavy atom. The fraction of sp³-hybridized carbons (Fsp3) is 0.462. The minimum atomic E-state index is -3.58. The van der Waals surface area contributed by atoms with E-state index in [0.717, 1.165) is 5.56 Å². The van der Waals surface area contributed by atoms with Crippen molar-refractivity contribution in [3.05, 3.63) is 29.8 Å². The molecule has 6 nitrogen and oxygen atoms in total. The Bertz CT molecular complexity index is 511. The third kappa shape index (κ3) is 6.48. The van der Waals surface area contributed by atoms with Crippen LogP contribution in [-0.2, 0) is 15.8 Å². The summed E-state index contributed by atoms with van der Waals surface area (Å²) in [5.41, 5.74) is 6.46. The van der Waals surface area contributed by atoms with Gasteiger partial charge in [0, 0.05) is 12.6 Å². The van der Waals surface area contributed by atoms with Gasteiger partial charge in [0.15, 0.2) is 0 Å². The number of halogens is 1. The number of benzene rings is 1. The molecule has 0 heterocycles. The van der Waals surface area contributed by atoms with Crippen molar-refractivity contribution in [1.82, 2.24) is 0 Å². The molecule has 0 aliphatic heterocycles. The van der Waals surface area contributed by atoms with Crippen LogP contribution in [0.3, 0.4) is 0 Å². The van der Waals surface area contributed by atoms with Crippen LogP contribution in [0.1, 0.15) is 18.4 Å². The van der Waals surface area contributed by atoms with Gasteiger partial charge < -0.3 is 20.5 Å². The molecule has 0 radical (unpaired) electrons. The maximum Gasteiger partial charge on any atom is 0.303 e. The van der Waals surface area contributed by atoms with Crippen LogP contribution >= 0.6 is 19.8 Å². The Hall–Kier alpha value is -1.07. The summed E-state index contributed by atoms with van der Waals surface area (Å²) >= 11 is 0.